The van der Waals surface area contributed by atoms with Gasteiger partial charge < -0.3 is 10.2 Å². The first kappa shape index (κ1) is 20.4. The molecule has 0 aromatic carbocycles. The highest BCUT2D eigenvalue weighted by Crippen LogP contribution is 2.67. The van der Waals surface area contributed by atoms with E-state index in [2.05, 4.69) is 20.8 Å². The molecule has 0 aromatic heterocycles. The van der Waals surface area contributed by atoms with Crippen molar-refractivity contribution in [1.82, 2.24) is 0 Å². The monoisotopic (exact) mass is 390 g/mol. The third kappa shape index (κ3) is 3.05. The summed E-state index contributed by atoms with van der Waals surface area (Å²) in [5.74, 6) is 2.54. The molecule has 9 atom stereocenters. The van der Waals surface area contributed by atoms with E-state index in [1.165, 1.54) is 25.7 Å². The lowest BCUT2D eigenvalue weighted by Gasteiger charge is -2.60. The molecule has 0 heterocycles. The van der Waals surface area contributed by atoms with Crippen LogP contribution in [-0.4, -0.2) is 28.1 Å². The average Bonchev–Trinajstić information content (AvgIpc) is 2.99. The van der Waals surface area contributed by atoms with Crippen molar-refractivity contribution in [1.29, 1.82) is 0 Å². The number of carbonyl (C=O) groups excluding carboxylic acids is 1. The number of hydrogen-bond donors (Lipinski definition) is 2. The molecular formula is C24H38O4. The Morgan fingerprint density at radius 3 is 2.50 bits per heavy atom. The highest BCUT2D eigenvalue weighted by molar-refractivity contribution is 5.83. The number of carboxylic acid groups (broad SMARTS) is 1. The number of ketones is 1. The first-order valence-corrected chi connectivity index (χ1v) is 11.6. The maximum Gasteiger partial charge on any atom is 0.303 e. The molecule has 4 saturated carbocycles. The molecule has 4 fully saturated rings. The van der Waals surface area contributed by atoms with Crippen LogP contribution in [0.25, 0.3) is 0 Å². The second kappa shape index (κ2) is 7.11. The first-order chi connectivity index (χ1) is 13.2. The van der Waals surface area contributed by atoms with Crippen LogP contribution in [0.5, 0.6) is 0 Å². The zero-order valence-electron chi connectivity index (χ0n) is 17.8. The van der Waals surface area contributed by atoms with Crippen LogP contribution in [0.4, 0.5) is 0 Å². The predicted octanol–water partition coefficient (Wildman–Crippen LogP) is 4.69. The Labute approximate surface area is 169 Å². The lowest BCUT2D eigenvalue weighted by Crippen LogP contribution is -2.57. The fourth-order valence-electron chi connectivity index (χ4n) is 8.55. The second-order valence-corrected chi connectivity index (χ2v) is 11.2. The molecule has 4 aliphatic carbocycles. The highest BCUT2D eigenvalue weighted by Gasteiger charge is 2.62. The zero-order chi connectivity index (χ0) is 20.3. The Balaban J connectivity index is 1.55. The van der Waals surface area contributed by atoms with E-state index >= 15 is 0 Å². The number of aliphatic hydroxyl groups excluding tert-OH is 1. The minimum Gasteiger partial charge on any atom is -0.481 e. The summed E-state index contributed by atoms with van der Waals surface area (Å²) >= 11 is 0. The van der Waals surface area contributed by atoms with Gasteiger partial charge in [-0.2, -0.15) is 0 Å². The Morgan fingerprint density at radius 1 is 1.11 bits per heavy atom. The summed E-state index contributed by atoms with van der Waals surface area (Å²) < 4.78 is 0. The van der Waals surface area contributed by atoms with E-state index in [1.807, 2.05) is 0 Å². The molecule has 0 spiro atoms. The van der Waals surface area contributed by atoms with E-state index in [9.17, 15) is 14.7 Å². The summed E-state index contributed by atoms with van der Waals surface area (Å²) in [6.07, 6.45) is 8.80. The second-order valence-electron chi connectivity index (χ2n) is 11.2. The smallest absolute Gasteiger partial charge is 0.303 e. The normalized spacial score (nSPS) is 49.1. The molecule has 0 unspecified atom stereocenters. The van der Waals surface area contributed by atoms with E-state index in [-0.39, 0.29) is 29.3 Å². The third-order valence-corrected chi connectivity index (χ3v) is 10.0. The zero-order valence-corrected chi connectivity index (χ0v) is 17.8. The molecule has 28 heavy (non-hydrogen) atoms. The topological polar surface area (TPSA) is 74.6 Å². The van der Waals surface area contributed by atoms with Gasteiger partial charge in [0.05, 0.1) is 6.10 Å². The lowest BCUT2D eigenvalue weighted by molar-refractivity contribution is -0.160. The van der Waals surface area contributed by atoms with Crippen molar-refractivity contribution in [2.24, 2.45) is 46.3 Å². The van der Waals surface area contributed by atoms with Gasteiger partial charge in [0.25, 0.3) is 0 Å². The predicted molar refractivity (Wildman–Crippen MR) is 108 cm³/mol. The standard InChI is InChI=1S/C24H38O4/c1-14(4-7-22(27)28)17-5-6-18-16-13-21(26)20-12-15(25)8-10-24(20,3)19(16)9-11-23(17,18)2/h14-20,25H,4-13H2,1-3H3,(H,27,28)/t14-,15-,16+,17-,18+,19+,20-,23-,24-/m1/s1. The fourth-order valence-corrected chi connectivity index (χ4v) is 8.55. The Morgan fingerprint density at radius 2 is 1.79 bits per heavy atom. The van der Waals surface area contributed by atoms with Gasteiger partial charge >= 0.3 is 5.97 Å². The van der Waals surface area contributed by atoms with Crippen molar-refractivity contribution in [3.63, 3.8) is 0 Å². The molecular weight excluding hydrogens is 352 g/mol. The molecule has 0 amide bonds. The molecule has 2 N–H and O–H groups in total. The minimum atomic E-state index is -0.688. The Kier molecular flexibility index (Phi) is 5.17. The van der Waals surface area contributed by atoms with Gasteiger partial charge in [-0.25, -0.2) is 0 Å². The molecule has 0 bridgehead atoms. The largest absolute Gasteiger partial charge is 0.481 e. The van der Waals surface area contributed by atoms with Crippen LogP contribution >= 0.6 is 0 Å². The molecule has 158 valence electrons. The van der Waals surface area contributed by atoms with Gasteiger partial charge in [0.15, 0.2) is 0 Å². The lowest BCUT2D eigenvalue weighted by atomic mass is 9.44. The SMILES string of the molecule is C[C@H](CCC(=O)O)[C@H]1CC[C@H]2[C@@H]3CC(=O)[C@H]4C[C@H](O)CC[C@]4(C)[C@H]3CC[C@]12C. The Bertz CT molecular complexity index is 645. The maximum absolute atomic E-state index is 13.1. The quantitative estimate of drug-likeness (QED) is 0.730. The van der Waals surface area contributed by atoms with Crippen LogP contribution < -0.4 is 0 Å². The van der Waals surface area contributed by atoms with Gasteiger partial charge in [-0.1, -0.05) is 20.8 Å². The van der Waals surface area contributed by atoms with Gasteiger partial charge in [-0.05, 0) is 91.8 Å². The van der Waals surface area contributed by atoms with E-state index in [4.69, 9.17) is 5.11 Å². The first-order valence-electron chi connectivity index (χ1n) is 11.6. The van der Waals surface area contributed by atoms with E-state index in [0.717, 1.165) is 19.3 Å². The molecule has 4 heteroatoms. The van der Waals surface area contributed by atoms with Crippen molar-refractivity contribution in [3.8, 4) is 0 Å². The van der Waals surface area contributed by atoms with Crippen molar-refractivity contribution in [2.75, 3.05) is 0 Å². The molecule has 0 aromatic rings. The summed E-state index contributed by atoms with van der Waals surface area (Å²) in [5, 5.41) is 19.2. The summed E-state index contributed by atoms with van der Waals surface area (Å²) in [6.45, 7) is 7.05. The molecule has 4 nitrogen and oxygen atoms in total. The summed E-state index contributed by atoms with van der Waals surface area (Å²) in [4.78, 5) is 24.2. The number of aliphatic carboxylic acids is 1. The number of rotatable bonds is 4. The number of fused-ring (bicyclic) bond motifs is 5. The number of aliphatic hydroxyl groups is 1. The summed E-state index contributed by atoms with van der Waals surface area (Å²) in [7, 11) is 0. The maximum atomic E-state index is 13.1. The van der Waals surface area contributed by atoms with Crippen LogP contribution in [0.3, 0.4) is 0 Å². The molecule has 0 radical (unpaired) electrons. The van der Waals surface area contributed by atoms with Crippen LogP contribution in [0.2, 0.25) is 0 Å². The van der Waals surface area contributed by atoms with E-state index in [1.54, 1.807) is 0 Å². The van der Waals surface area contributed by atoms with E-state index < -0.39 is 5.97 Å². The van der Waals surface area contributed by atoms with Gasteiger partial charge in [0, 0.05) is 18.8 Å². The van der Waals surface area contributed by atoms with Gasteiger partial charge in [0.1, 0.15) is 5.78 Å². The molecule has 4 aliphatic rings. The van der Waals surface area contributed by atoms with Crippen molar-refractivity contribution in [3.05, 3.63) is 0 Å². The van der Waals surface area contributed by atoms with E-state index in [0.29, 0.717) is 48.2 Å². The van der Waals surface area contributed by atoms with Crippen molar-refractivity contribution >= 4 is 11.8 Å². The van der Waals surface area contributed by atoms with Gasteiger partial charge in [-0.15, -0.1) is 0 Å². The van der Waals surface area contributed by atoms with Crippen LogP contribution in [0.15, 0.2) is 0 Å². The molecule has 0 saturated heterocycles. The molecule has 4 rings (SSSR count). The van der Waals surface area contributed by atoms with Crippen LogP contribution in [0, 0.1) is 46.3 Å². The van der Waals surface area contributed by atoms with Gasteiger partial charge in [-0.3, -0.25) is 9.59 Å². The number of carboxylic acids is 1. The highest BCUT2D eigenvalue weighted by atomic mass is 16.4. The molecule has 0 aliphatic heterocycles. The fraction of sp³-hybridized carbons (Fsp3) is 0.917. The number of Topliss-reactive ketones (excluding diaryl/α,β-unsaturated/α-hetero) is 1. The summed E-state index contributed by atoms with van der Waals surface area (Å²) in [5.41, 5.74) is 0.338. The van der Waals surface area contributed by atoms with Crippen molar-refractivity contribution < 1.29 is 19.8 Å². The van der Waals surface area contributed by atoms with Crippen LogP contribution in [-0.2, 0) is 9.59 Å². The van der Waals surface area contributed by atoms with Gasteiger partial charge in [0.2, 0.25) is 0 Å². The van der Waals surface area contributed by atoms with Crippen LogP contribution in [0.1, 0.15) is 85.0 Å². The average molecular weight is 391 g/mol. The van der Waals surface area contributed by atoms with Crippen molar-refractivity contribution in [2.45, 2.75) is 91.1 Å². The number of carbonyl (C=O) groups is 2. The number of hydrogen-bond acceptors (Lipinski definition) is 3. The third-order valence-electron chi connectivity index (χ3n) is 10.0. The summed E-state index contributed by atoms with van der Waals surface area (Å²) in [6, 6.07) is 0. The minimum absolute atomic E-state index is 0.0635. The Hall–Kier alpha value is -0.900.